The van der Waals surface area contributed by atoms with Crippen molar-refractivity contribution in [1.29, 1.82) is 0 Å². The molecule has 0 aromatic heterocycles. The van der Waals surface area contributed by atoms with Gasteiger partial charge in [-0.1, -0.05) is 0 Å². The lowest BCUT2D eigenvalue weighted by atomic mass is 10.1. The maximum Gasteiger partial charge on any atom is 0.217 e. The van der Waals surface area contributed by atoms with Gasteiger partial charge in [0.2, 0.25) is 5.78 Å². The lowest BCUT2D eigenvalue weighted by Crippen LogP contribution is -2.79. The quantitative estimate of drug-likeness (QED) is 0.377. The highest BCUT2D eigenvalue weighted by Gasteiger charge is 2.49. The summed E-state index contributed by atoms with van der Waals surface area (Å²) >= 11 is 11.8. The van der Waals surface area contributed by atoms with Crippen molar-refractivity contribution in [2.24, 2.45) is 0 Å². The number of anilines is 1. The molecule has 0 aliphatic carbocycles. The second-order valence-corrected chi connectivity index (χ2v) is 8.45. The number of carbonyl (C=O) groups excluding carboxylic acids is 1. The van der Waals surface area contributed by atoms with E-state index in [9.17, 15) is 4.79 Å². The number of hydrogen-bond donors (Lipinski definition) is 0. The van der Waals surface area contributed by atoms with Gasteiger partial charge in [-0.05, 0) is 24.3 Å². The van der Waals surface area contributed by atoms with Gasteiger partial charge in [-0.25, -0.2) is 14.7 Å². The third-order valence-corrected chi connectivity index (χ3v) is 5.78. The highest BCUT2D eigenvalue weighted by Crippen LogP contribution is 2.29. The average Bonchev–Trinajstić information content (AvgIpc) is 2.60. The summed E-state index contributed by atoms with van der Waals surface area (Å²) in [5, 5.41) is 0. The largest absolute Gasteiger partial charge is 0.369 e. The molecule has 1 aromatic carbocycles. The number of hydrogen-bond acceptors (Lipinski definition) is 5. The van der Waals surface area contributed by atoms with Gasteiger partial charge in [-0.3, -0.25) is 9.28 Å². The first-order valence-corrected chi connectivity index (χ1v) is 10.2. The van der Waals surface area contributed by atoms with Gasteiger partial charge < -0.3 is 4.90 Å². The van der Waals surface area contributed by atoms with E-state index in [1.165, 1.54) is 0 Å². The van der Waals surface area contributed by atoms with E-state index >= 15 is 0 Å². The second kappa shape index (κ2) is 7.62. The molecule has 0 unspecified atom stereocenters. The van der Waals surface area contributed by atoms with Crippen LogP contribution in [0.4, 0.5) is 5.69 Å². The van der Waals surface area contributed by atoms with Crippen molar-refractivity contribution in [3.05, 3.63) is 29.8 Å². The molecule has 4 saturated heterocycles. The van der Waals surface area contributed by atoms with Gasteiger partial charge >= 0.3 is 0 Å². The Kier molecular flexibility index (Phi) is 5.41. The van der Waals surface area contributed by atoms with Crippen LogP contribution in [0.5, 0.6) is 0 Å². The van der Waals surface area contributed by atoms with Crippen LogP contribution in [0.1, 0.15) is 10.4 Å². The molecule has 142 valence electrons. The number of benzene rings is 1. The molecule has 4 bridgehead atoms. The Morgan fingerprint density at radius 2 is 1.42 bits per heavy atom. The van der Waals surface area contributed by atoms with Crippen molar-refractivity contribution in [3.8, 4) is 0 Å². The van der Waals surface area contributed by atoms with Gasteiger partial charge in [0.15, 0.2) is 0 Å². The molecule has 5 rings (SSSR count). The van der Waals surface area contributed by atoms with Crippen LogP contribution in [0.2, 0.25) is 0 Å². The minimum absolute atomic E-state index is 0.225. The van der Waals surface area contributed by atoms with E-state index in [0.717, 1.165) is 68.8 Å². The summed E-state index contributed by atoms with van der Waals surface area (Å²) < 4.78 is 0.838. The molecule has 0 atom stereocenters. The zero-order valence-electron chi connectivity index (χ0n) is 15.0. The van der Waals surface area contributed by atoms with Crippen LogP contribution in [0.15, 0.2) is 24.3 Å². The topological polar surface area (TPSA) is 30.0 Å². The Morgan fingerprint density at radius 3 is 1.88 bits per heavy atom. The average molecular weight is 399 g/mol. The number of nitrogens with zero attached hydrogens (tertiary/aromatic N) is 5. The Balaban J connectivity index is 1.44. The van der Waals surface area contributed by atoms with Crippen molar-refractivity contribution in [2.45, 2.75) is 0 Å². The van der Waals surface area contributed by atoms with Crippen LogP contribution in [0.3, 0.4) is 0 Å². The number of alkyl halides is 2. The molecule has 0 amide bonds. The third-order valence-electron chi connectivity index (χ3n) is 5.44. The van der Waals surface area contributed by atoms with Crippen molar-refractivity contribution in [2.75, 3.05) is 76.3 Å². The molecular weight excluding hydrogens is 373 g/mol. The van der Waals surface area contributed by atoms with E-state index in [1.807, 2.05) is 24.3 Å². The van der Waals surface area contributed by atoms with E-state index in [0.29, 0.717) is 18.3 Å². The van der Waals surface area contributed by atoms with Gasteiger partial charge in [0.05, 0.1) is 20.0 Å². The molecule has 0 saturated carbocycles. The van der Waals surface area contributed by atoms with Crippen molar-refractivity contribution in [3.63, 3.8) is 0 Å². The molecule has 4 aliphatic rings. The molecule has 26 heavy (non-hydrogen) atoms. The van der Waals surface area contributed by atoms with Gasteiger partial charge in [0, 0.05) is 36.1 Å². The summed E-state index contributed by atoms with van der Waals surface area (Å²) in [4.78, 5) is 22.4. The first kappa shape index (κ1) is 18.5. The Labute approximate surface area is 165 Å². The second-order valence-electron chi connectivity index (χ2n) is 7.70. The van der Waals surface area contributed by atoms with E-state index in [1.54, 1.807) is 0 Å². The first-order valence-electron chi connectivity index (χ1n) is 9.13. The summed E-state index contributed by atoms with van der Waals surface area (Å²) in [5.74, 6) is 1.34. The molecular formula is C18H26Cl2N5O+. The lowest BCUT2D eigenvalue weighted by molar-refractivity contribution is -0.973. The molecule has 0 spiro atoms. The van der Waals surface area contributed by atoms with E-state index in [2.05, 4.69) is 19.6 Å². The SMILES string of the molecule is O=C(C[N+]12CN3CN(CN(C3)C1)C2)c1ccc(N(CCCl)CCCl)cc1. The molecule has 6 nitrogen and oxygen atoms in total. The number of rotatable bonds is 8. The summed E-state index contributed by atoms with van der Waals surface area (Å²) in [5.41, 5.74) is 1.86. The lowest BCUT2D eigenvalue weighted by Gasteiger charge is -2.60. The highest BCUT2D eigenvalue weighted by molar-refractivity contribution is 6.18. The van der Waals surface area contributed by atoms with E-state index in [-0.39, 0.29) is 5.78 Å². The number of Topliss-reactive ketones (excluding diaryl/α,β-unsaturated/α-hetero) is 1. The van der Waals surface area contributed by atoms with E-state index < -0.39 is 0 Å². The normalized spacial score (nSPS) is 32.0. The van der Waals surface area contributed by atoms with Gasteiger partial charge in [0.25, 0.3) is 0 Å². The maximum atomic E-state index is 12.9. The summed E-state index contributed by atoms with van der Waals surface area (Å²) in [7, 11) is 0. The fourth-order valence-corrected chi connectivity index (χ4v) is 5.04. The van der Waals surface area contributed by atoms with Crippen LogP contribution >= 0.6 is 23.2 Å². The molecule has 4 aliphatic heterocycles. The van der Waals surface area contributed by atoms with Crippen LogP contribution in [0.25, 0.3) is 0 Å². The van der Waals surface area contributed by atoms with Gasteiger partial charge in [-0.15, -0.1) is 23.2 Å². The molecule has 0 radical (unpaired) electrons. The summed E-state index contributed by atoms with van der Waals surface area (Å²) in [6.45, 7) is 8.13. The van der Waals surface area contributed by atoms with Crippen LogP contribution in [0, 0.1) is 0 Å². The summed E-state index contributed by atoms with van der Waals surface area (Å²) in [6, 6.07) is 7.90. The molecule has 4 heterocycles. The standard InChI is InChI=1S/C18H26Cl2N5O/c19-5-7-24(8-6-20)17-3-1-16(2-4-17)18(26)9-25-13-21-10-22(14-25)12-23(11-21)15-25/h1-4H,5-15H2/q+1. The zero-order chi connectivity index (χ0) is 18.1. The van der Waals surface area contributed by atoms with Gasteiger partial charge in [-0.2, -0.15) is 0 Å². The number of ketones is 1. The fourth-order valence-electron chi connectivity index (χ4n) is 4.64. The monoisotopic (exact) mass is 398 g/mol. The van der Waals surface area contributed by atoms with Gasteiger partial charge in [0.1, 0.15) is 26.6 Å². The van der Waals surface area contributed by atoms with Crippen LogP contribution in [-0.2, 0) is 0 Å². The smallest absolute Gasteiger partial charge is 0.217 e. The molecule has 8 heteroatoms. The maximum absolute atomic E-state index is 12.9. The Hall–Kier alpha value is -0.890. The van der Waals surface area contributed by atoms with Crippen molar-refractivity contribution < 1.29 is 9.28 Å². The third kappa shape index (κ3) is 3.72. The number of quaternary nitrogens is 1. The molecule has 1 aromatic rings. The van der Waals surface area contributed by atoms with Crippen molar-refractivity contribution >= 4 is 34.7 Å². The number of carbonyl (C=O) groups is 1. The van der Waals surface area contributed by atoms with Crippen LogP contribution in [-0.4, -0.2) is 96.4 Å². The van der Waals surface area contributed by atoms with Crippen LogP contribution < -0.4 is 4.90 Å². The molecule has 0 N–H and O–H groups in total. The predicted octanol–water partition coefficient (Wildman–Crippen LogP) is 1.66. The zero-order valence-corrected chi connectivity index (χ0v) is 16.5. The summed E-state index contributed by atoms with van der Waals surface area (Å²) in [6.07, 6.45) is 0. The Morgan fingerprint density at radius 1 is 0.923 bits per heavy atom. The highest BCUT2D eigenvalue weighted by atomic mass is 35.5. The minimum atomic E-state index is 0.225. The van der Waals surface area contributed by atoms with E-state index in [4.69, 9.17) is 23.2 Å². The predicted molar refractivity (Wildman–Crippen MR) is 104 cm³/mol. The first-order chi connectivity index (χ1) is 12.6. The molecule has 4 fully saturated rings. The fraction of sp³-hybridized carbons (Fsp3) is 0.611. The van der Waals surface area contributed by atoms with Crippen molar-refractivity contribution in [1.82, 2.24) is 14.7 Å². The Bertz CT molecular complexity index is 612. The minimum Gasteiger partial charge on any atom is -0.369 e. The number of halogens is 2.